The lowest BCUT2D eigenvalue weighted by Crippen LogP contribution is -2.20. The summed E-state index contributed by atoms with van der Waals surface area (Å²) in [5.41, 5.74) is 10.7. The van der Waals surface area contributed by atoms with Crippen molar-refractivity contribution >= 4 is 40.0 Å². The lowest BCUT2D eigenvalue weighted by Gasteiger charge is -2.12. The molecule has 4 aromatic rings. The minimum atomic E-state index is -0.387. The van der Waals surface area contributed by atoms with E-state index >= 15 is 0 Å². The van der Waals surface area contributed by atoms with Crippen LogP contribution in [-0.2, 0) is 0 Å². The molecule has 4 rings (SSSR count). The first kappa shape index (κ1) is 22.0. The number of nitrogens with one attached hydrogen (secondary N) is 2. The van der Waals surface area contributed by atoms with E-state index in [1.807, 2.05) is 56.5 Å². The molecule has 0 fully saturated rings. The van der Waals surface area contributed by atoms with E-state index in [0.717, 1.165) is 11.1 Å². The summed E-state index contributed by atoms with van der Waals surface area (Å²) in [5.74, 6) is 0.0359. The minimum Gasteiger partial charge on any atom is -0.383 e. The van der Waals surface area contributed by atoms with Gasteiger partial charge in [-0.25, -0.2) is 14.8 Å². The summed E-state index contributed by atoms with van der Waals surface area (Å²) < 4.78 is 1.91. The number of anilines is 3. The molecule has 33 heavy (non-hydrogen) atoms. The Kier molecular flexibility index (Phi) is 5.83. The van der Waals surface area contributed by atoms with E-state index in [0.29, 0.717) is 33.5 Å². The van der Waals surface area contributed by atoms with E-state index in [-0.39, 0.29) is 23.7 Å². The zero-order valence-corrected chi connectivity index (χ0v) is 19.0. The van der Waals surface area contributed by atoms with Gasteiger partial charge in [-0.05, 0) is 57.0 Å². The summed E-state index contributed by atoms with van der Waals surface area (Å²) in [5, 5.41) is 6.19. The molecule has 8 nitrogen and oxygen atoms in total. The van der Waals surface area contributed by atoms with Gasteiger partial charge in [-0.15, -0.1) is 0 Å². The zero-order valence-electron chi connectivity index (χ0n) is 19.0. The average Bonchev–Trinajstić information content (AvgIpc) is 3.16. The number of urea groups is 1. The smallest absolute Gasteiger partial charge is 0.323 e. The fourth-order valence-electron chi connectivity index (χ4n) is 3.74. The van der Waals surface area contributed by atoms with E-state index in [4.69, 9.17) is 5.73 Å². The van der Waals surface area contributed by atoms with Crippen molar-refractivity contribution in [2.75, 3.05) is 16.4 Å². The van der Waals surface area contributed by atoms with Crippen molar-refractivity contribution in [3.05, 3.63) is 77.2 Å². The lowest BCUT2D eigenvalue weighted by molar-refractivity contribution is 0.104. The number of nitrogen functional groups attached to an aromatic ring is 1. The Morgan fingerprint density at radius 1 is 1.03 bits per heavy atom. The molecule has 0 bridgehead atoms. The summed E-state index contributed by atoms with van der Waals surface area (Å²) in [6.07, 6.45) is 3.16. The summed E-state index contributed by atoms with van der Waals surface area (Å²) in [4.78, 5) is 34.4. The third-order valence-electron chi connectivity index (χ3n) is 5.46. The number of benzene rings is 2. The molecule has 2 heterocycles. The van der Waals surface area contributed by atoms with Crippen molar-refractivity contribution in [3.63, 3.8) is 0 Å². The normalized spacial score (nSPS) is 11.1. The van der Waals surface area contributed by atoms with Crippen LogP contribution in [0.15, 0.2) is 55.0 Å². The van der Waals surface area contributed by atoms with Crippen LogP contribution in [0.2, 0.25) is 0 Å². The number of ketones is 1. The molecule has 0 saturated heterocycles. The second kappa shape index (κ2) is 8.74. The zero-order chi connectivity index (χ0) is 23.7. The molecule has 0 atom stereocenters. The summed E-state index contributed by atoms with van der Waals surface area (Å²) in [6.45, 7) is 7.84. The van der Waals surface area contributed by atoms with Gasteiger partial charge in [0.1, 0.15) is 17.8 Å². The highest BCUT2D eigenvalue weighted by atomic mass is 16.2. The van der Waals surface area contributed by atoms with Crippen molar-refractivity contribution in [1.82, 2.24) is 14.5 Å². The highest BCUT2D eigenvalue weighted by molar-refractivity contribution is 6.18. The molecule has 0 saturated carbocycles. The van der Waals surface area contributed by atoms with Gasteiger partial charge in [-0.2, -0.15) is 0 Å². The van der Waals surface area contributed by atoms with Gasteiger partial charge < -0.3 is 20.9 Å². The molecule has 168 valence electrons. The second-order valence-electron chi connectivity index (χ2n) is 8.31. The Hall–Kier alpha value is -4.20. The largest absolute Gasteiger partial charge is 0.383 e. The maximum atomic E-state index is 13.5. The molecule has 0 unspecified atom stereocenters. The summed E-state index contributed by atoms with van der Waals surface area (Å²) in [7, 11) is 0. The highest BCUT2D eigenvalue weighted by Gasteiger charge is 2.22. The van der Waals surface area contributed by atoms with Crippen LogP contribution in [0.1, 0.15) is 46.9 Å². The first-order valence-corrected chi connectivity index (χ1v) is 10.7. The Labute approximate surface area is 191 Å². The minimum absolute atomic E-state index is 0.0870. The molecular formula is C25H26N6O2. The van der Waals surface area contributed by atoms with Gasteiger partial charge in [0, 0.05) is 29.2 Å². The monoisotopic (exact) mass is 442 g/mol. The molecule has 0 aliphatic rings. The Morgan fingerprint density at radius 2 is 1.82 bits per heavy atom. The molecule has 0 aliphatic carbocycles. The third kappa shape index (κ3) is 4.41. The van der Waals surface area contributed by atoms with Gasteiger partial charge in [-0.3, -0.25) is 4.79 Å². The van der Waals surface area contributed by atoms with E-state index in [1.165, 1.54) is 6.33 Å². The molecular weight excluding hydrogens is 416 g/mol. The number of nitrogens with zero attached hydrogens (tertiary/aromatic N) is 3. The standard InChI is InChI=1S/C25H26N6O2/c1-14(2)31-12-19(21-23(26)27-13-28-24(21)31)22(32)17-9-8-16(4)20(11-17)30-25(33)29-18-7-5-6-15(3)10-18/h5-14H,1-4H3,(H2,26,27,28)(H2,29,30,33). The molecule has 2 amide bonds. The predicted octanol–water partition coefficient (Wildman–Crippen LogP) is 5.09. The van der Waals surface area contributed by atoms with Crippen LogP contribution in [0.4, 0.5) is 22.0 Å². The topological polar surface area (TPSA) is 115 Å². The molecule has 0 aliphatic heterocycles. The molecule has 0 spiro atoms. The van der Waals surface area contributed by atoms with Crippen molar-refractivity contribution in [3.8, 4) is 0 Å². The number of carbonyl (C=O) groups is 2. The molecule has 8 heteroatoms. The first-order valence-electron chi connectivity index (χ1n) is 10.7. The van der Waals surface area contributed by atoms with Crippen LogP contribution in [0.25, 0.3) is 11.0 Å². The molecule has 0 radical (unpaired) electrons. The van der Waals surface area contributed by atoms with Gasteiger partial charge in [0.05, 0.1) is 10.9 Å². The van der Waals surface area contributed by atoms with Crippen LogP contribution in [0.3, 0.4) is 0 Å². The number of hydrogen-bond donors (Lipinski definition) is 3. The predicted molar refractivity (Wildman–Crippen MR) is 131 cm³/mol. The number of aromatic nitrogens is 3. The van der Waals surface area contributed by atoms with E-state index < -0.39 is 0 Å². The quantitative estimate of drug-likeness (QED) is 0.373. The van der Waals surface area contributed by atoms with Crippen molar-refractivity contribution in [2.24, 2.45) is 0 Å². The number of rotatable bonds is 5. The van der Waals surface area contributed by atoms with E-state index in [2.05, 4.69) is 20.6 Å². The number of amides is 2. The van der Waals surface area contributed by atoms with Crippen molar-refractivity contribution < 1.29 is 9.59 Å². The first-order chi connectivity index (χ1) is 15.7. The number of carbonyl (C=O) groups excluding carboxylic acids is 2. The fraction of sp³-hybridized carbons (Fsp3) is 0.200. The molecule has 2 aromatic carbocycles. The van der Waals surface area contributed by atoms with Crippen LogP contribution in [0, 0.1) is 13.8 Å². The van der Waals surface area contributed by atoms with Crippen LogP contribution >= 0.6 is 0 Å². The Morgan fingerprint density at radius 3 is 2.55 bits per heavy atom. The van der Waals surface area contributed by atoms with Crippen molar-refractivity contribution in [2.45, 2.75) is 33.7 Å². The van der Waals surface area contributed by atoms with Crippen LogP contribution < -0.4 is 16.4 Å². The Balaban J connectivity index is 1.65. The maximum absolute atomic E-state index is 13.5. The van der Waals surface area contributed by atoms with E-state index in [1.54, 1.807) is 24.4 Å². The number of fused-ring (bicyclic) bond motifs is 1. The second-order valence-corrected chi connectivity index (χ2v) is 8.31. The highest BCUT2D eigenvalue weighted by Crippen LogP contribution is 2.29. The summed E-state index contributed by atoms with van der Waals surface area (Å²) >= 11 is 0. The number of nitrogens with two attached hydrogens (primary N) is 1. The van der Waals surface area contributed by atoms with Crippen molar-refractivity contribution in [1.29, 1.82) is 0 Å². The van der Waals surface area contributed by atoms with Crippen LogP contribution in [-0.4, -0.2) is 26.3 Å². The number of hydrogen-bond acceptors (Lipinski definition) is 5. The van der Waals surface area contributed by atoms with Gasteiger partial charge in [-0.1, -0.05) is 24.3 Å². The fourth-order valence-corrected chi connectivity index (χ4v) is 3.74. The van der Waals surface area contributed by atoms with Crippen LogP contribution in [0.5, 0.6) is 0 Å². The number of aryl methyl sites for hydroxylation is 2. The van der Waals surface area contributed by atoms with Gasteiger partial charge in [0.2, 0.25) is 0 Å². The average molecular weight is 443 g/mol. The lowest BCUT2D eigenvalue weighted by atomic mass is 10.0. The third-order valence-corrected chi connectivity index (χ3v) is 5.46. The van der Waals surface area contributed by atoms with Gasteiger partial charge in [0.25, 0.3) is 0 Å². The summed E-state index contributed by atoms with van der Waals surface area (Å²) in [6, 6.07) is 12.4. The Bertz CT molecular complexity index is 1370. The van der Waals surface area contributed by atoms with Gasteiger partial charge >= 0.3 is 6.03 Å². The van der Waals surface area contributed by atoms with Gasteiger partial charge in [0.15, 0.2) is 5.78 Å². The maximum Gasteiger partial charge on any atom is 0.323 e. The molecule has 2 aromatic heterocycles. The molecule has 4 N–H and O–H groups in total. The SMILES string of the molecule is Cc1cccc(NC(=O)Nc2cc(C(=O)c3cn(C(C)C)c4ncnc(N)c34)ccc2C)c1. The van der Waals surface area contributed by atoms with E-state index in [9.17, 15) is 9.59 Å².